The molecule has 0 atom stereocenters. The Balaban J connectivity index is 2.33. The van der Waals surface area contributed by atoms with Crippen molar-refractivity contribution in [1.29, 1.82) is 0 Å². The third kappa shape index (κ3) is 1.58. The summed E-state index contributed by atoms with van der Waals surface area (Å²) in [5, 5.41) is 6.10. The van der Waals surface area contributed by atoms with Crippen LogP contribution < -0.4 is 10.7 Å². The van der Waals surface area contributed by atoms with Gasteiger partial charge in [-0.05, 0) is 0 Å². The van der Waals surface area contributed by atoms with Gasteiger partial charge in [-0.1, -0.05) is 6.92 Å². The summed E-state index contributed by atoms with van der Waals surface area (Å²) in [6, 6.07) is 0. The summed E-state index contributed by atoms with van der Waals surface area (Å²) in [6.45, 7) is 1.78. The van der Waals surface area contributed by atoms with Gasteiger partial charge in [0.05, 0.1) is 6.21 Å². The molecule has 1 heterocycles. The van der Waals surface area contributed by atoms with E-state index in [9.17, 15) is 4.79 Å². The summed E-state index contributed by atoms with van der Waals surface area (Å²) in [7, 11) is 0. The van der Waals surface area contributed by atoms with Crippen LogP contribution in [0.5, 0.6) is 0 Å². The van der Waals surface area contributed by atoms with Crippen molar-refractivity contribution in [3.8, 4) is 0 Å². The summed E-state index contributed by atoms with van der Waals surface area (Å²) in [5.74, 6) is 0.479. The van der Waals surface area contributed by atoms with E-state index in [2.05, 4.69) is 15.8 Å². The highest BCUT2D eigenvalue weighted by Gasteiger charge is 2.03. The zero-order chi connectivity index (χ0) is 7.40. The van der Waals surface area contributed by atoms with E-state index in [-0.39, 0.29) is 5.91 Å². The second-order valence-electron chi connectivity index (χ2n) is 1.82. The van der Waals surface area contributed by atoms with Crippen molar-refractivity contribution < 1.29 is 4.79 Å². The second kappa shape index (κ2) is 3.00. The van der Waals surface area contributed by atoms with Gasteiger partial charge in [-0.25, -0.2) is 0 Å². The van der Waals surface area contributed by atoms with Crippen LogP contribution in [-0.4, -0.2) is 12.1 Å². The van der Waals surface area contributed by atoms with E-state index in [1.54, 1.807) is 13.0 Å². The van der Waals surface area contributed by atoms with Gasteiger partial charge in [0.1, 0.15) is 0 Å². The Hall–Kier alpha value is -1.32. The summed E-state index contributed by atoms with van der Waals surface area (Å²) in [4.78, 5) is 10.7. The zero-order valence-corrected chi connectivity index (χ0v) is 5.66. The highest BCUT2D eigenvalue weighted by Crippen LogP contribution is 1.91. The van der Waals surface area contributed by atoms with Crippen molar-refractivity contribution in [3.05, 3.63) is 11.9 Å². The molecule has 0 bridgehead atoms. The first-order valence-electron chi connectivity index (χ1n) is 3.07. The molecule has 10 heavy (non-hydrogen) atoms. The number of nitrogens with zero attached hydrogens (tertiary/aromatic N) is 2. The Morgan fingerprint density at radius 3 is 3.10 bits per heavy atom. The molecular formula is C6H8N3O. The first kappa shape index (κ1) is 6.80. The van der Waals surface area contributed by atoms with Crippen LogP contribution in [0, 0.1) is 0 Å². The first-order valence-corrected chi connectivity index (χ1v) is 3.07. The molecule has 1 N–H and O–H groups in total. The van der Waals surface area contributed by atoms with Crippen LogP contribution in [-0.2, 0) is 4.79 Å². The SMILES string of the molecule is CCC(=O)NC1=CC=N[N]1. The number of amides is 1. The van der Waals surface area contributed by atoms with Crippen LogP contribution in [0.4, 0.5) is 0 Å². The number of nitrogens with one attached hydrogen (secondary N) is 1. The highest BCUT2D eigenvalue weighted by atomic mass is 16.1. The molecule has 0 fully saturated rings. The van der Waals surface area contributed by atoms with Gasteiger partial charge in [0.2, 0.25) is 5.91 Å². The Kier molecular flexibility index (Phi) is 2.04. The average Bonchev–Trinajstić information content (AvgIpc) is 2.40. The number of hydrogen-bond acceptors (Lipinski definition) is 2. The molecular weight excluding hydrogens is 130 g/mol. The minimum Gasteiger partial charge on any atom is -0.309 e. The average molecular weight is 138 g/mol. The molecule has 0 aromatic rings. The van der Waals surface area contributed by atoms with Crippen LogP contribution in [0.2, 0.25) is 0 Å². The van der Waals surface area contributed by atoms with Crippen LogP contribution in [0.25, 0.3) is 0 Å². The van der Waals surface area contributed by atoms with Crippen molar-refractivity contribution in [2.75, 3.05) is 0 Å². The summed E-state index contributed by atoms with van der Waals surface area (Å²) < 4.78 is 0. The summed E-state index contributed by atoms with van der Waals surface area (Å²) >= 11 is 0. The molecule has 0 unspecified atom stereocenters. The Morgan fingerprint density at radius 2 is 2.60 bits per heavy atom. The van der Waals surface area contributed by atoms with Gasteiger partial charge in [0, 0.05) is 12.5 Å². The fourth-order valence-electron chi connectivity index (χ4n) is 0.531. The number of rotatable bonds is 2. The predicted molar refractivity (Wildman–Crippen MR) is 37.1 cm³/mol. The molecule has 0 spiro atoms. The molecule has 1 rings (SSSR count). The normalized spacial score (nSPS) is 14.3. The summed E-state index contributed by atoms with van der Waals surface area (Å²) in [6.07, 6.45) is 3.64. The molecule has 4 nitrogen and oxygen atoms in total. The molecule has 1 radical (unpaired) electrons. The molecule has 53 valence electrons. The van der Waals surface area contributed by atoms with E-state index >= 15 is 0 Å². The molecule has 0 aromatic heterocycles. The lowest BCUT2D eigenvalue weighted by atomic mass is 10.4. The van der Waals surface area contributed by atoms with E-state index in [0.717, 1.165) is 0 Å². The third-order valence-corrected chi connectivity index (χ3v) is 1.05. The molecule has 1 aliphatic rings. The first-order chi connectivity index (χ1) is 4.83. The van der Waals surface area contributed by atoms with Crippen molar-refractivity contribution in [3.63, 3.8) is 0 Å². The summed E-state index contributed by atoms with van der Waals surface area (Å²) in [5.41, 5.74) is 3.62. The van der Waals surface area contributed by atoms with Gasteiger partial charge in [-0.3, -0.25) is 4.79 Å². The number of carbonyl (C=O) groups excluding carboxylic acids is 1. The van der Waals surface area contributed by atoms with Crippen LogP contribution in [0.15, 0.2) is 17.0 Å². The van der Waals surface area contributed by atoms with E-state index < -0.39 is 0 Å². The van der Waals surface area contributed by atoms with Gasteiger partial charge in [0.15, 0.2) is 5.82 Å². The van der Waals surface area contributed by atoms with Crippen LogP contribution >= 0.6 is 0 Å². The smallest absolute Gasteiger partial charge is 0.225 e. The lowest BCUT2D eigenvalue weighted by Crippen LogP contribution is -2.23. The standard InChI is InChI=1S/C6H8N3O/c1-2-6(10)8-5-3-4-7-9-5/h3-4H,2H2,1H3,(H,8,10). The Morgan fingerprint density at radius 1 is 1.80 bits per heavy atom. The third-order valence-electron chi connectivity index (χ3n) is 1.05. The number of hydrogen-bond donors (Lipinski definition) is 1. The van der Waals surface area contributed by atoms with Gasteiger partial charge in [-0.15, -0.1) is 5.43 Å². The van der Waals surface area contributed by atoms with E-state index in [1.165, 1.54) is 6.21 Å². The maximum Gasteiger partial charge on any atom is 0.225 e. The number of allylic oxidation sites excluding steroid dienone is 1. The highest BCUT2D eigenvalue weighted by molar-refractivity contribution is 5.80. The molecule has 4 heteroatoms. The molecule has 0 aromatic carbocycles. The monoisotopic (exact) mass is 138 g/mol. The quantitative estimate of drug-likeness (QED) is 0.571. The number of carbonyl (C=O) groups is 1. The van der Waals surface area contributed by atoms with Crippen molar-refractivity contribution in [2.45, 2.75) is 13.3 Å². The van der Waals surface area contributed by atoms with Gasteiger partial charge in [0.25, 0.3) is 0 Å². The molecule has 0 aliphatic carbocycles. The van der Waals surface area contributed by atoms with Gasteiger partial charge in [-0.2, -0.15) is 5.10 Å². The molecule has 0 saturated carbocycles. The second-order valence-corrected chi connectivity index (χ2v) is 1.82. The predicted octanol–water partition coefficient (Wildman–Crippen LogP) is -0.0422. The fraction of sp³-hybridized carbons (Fsp3) is 0.333. The van der Waals surface area contributed by atoms with Crippen molar-refractivity contribution in [1.82, 2.24) is 10.7 Å². The lowest BCUT2D eigenvalue weighted by molar-refractivity contribution is -0.120. The topological polar surface area (TPSA) is 55.6 Å². The van der Waals surface area contributed by atoms with Crippen LogP contribution in [0.1, 0.15) is 13.3 Å². The molecule has 0 saturated heterocycles. The van der Waals surface area contributed by atoms with Crippen molar-refractivity contribution in [2.24, 2.45) is 5.10 Å². The minimum atomic E-state index is -0.0412. The van der Waals surface area contributed by atoms with Crippen molar-refractivity contribution >= 4 is 12.1 Å². The van der Waals surface area contributed by atoms with Gasteiger partial charge >= 0.3 is 0 Å². The van der Waals surface area contributed by atoms with E-state index in [0.29, 0.717) is 12.2 Å². The Bertz CT molecular complexity index is 195. The van der Waals surface area contributed by atoms with E-state index in [1.807, 2.05) is 0 Å². The lowest BCUT2D eigenvalue weighted by Gasteiger charge is -1.99. The zero-order valence-electron chi connectivity index (χ0n) is 5.66. The Labute approximate surface area is 59.0 Å². The maximum atomic E-state index is 10.7. The maximum absolute atomic E-state index is 10.7. The molecule has 1 amide bonds. The fourth-order valence-corrected chi connectivity index (χ4v) is 0.531. The van der Waals surface area contributed by atoms with Gasteiger partial charge < -0.3 is 5.32 Å². The largest absolute Gasteiger partial charge is 0.309 e. The minimum absolute atomic E-state index is 0.0412. The molecule has 1 aliphatic heterocycles. The van der Waals surface area contributed by atoms with Crippen LogP contribution in [0.3, 0.4) is 0 Å². The van der Waals surface area contributed by atoms with E-state index in [4.69, 9.17) is 0 Å².